The zero-order chi connectivity index (χ0) is 23.1. The molecule has 1 fully saturated rings. The lowest BCUT2D eigenvalue weighted by molar-refractivity contribution is -0.141. The lowest BCUT2D eigenvalue weighted by Gasteiger charge is -2.36. The van der Waals surface area contributed by atoms with Gasteiger partial charge in [0.05, 0.1) is 19.3 Å². The summed E-state index contributed by atoms with van der Waals surface area (Å²) in [6, 6.07) is 11.6. The zero-order valence-corrected chi connectivity index (χ0v) is 19.5. The average molecular weight is 440 g/mol. The molecule has 2 amide bonds. The van der Waals surface area contributed by atoms with Crippen LogP contribution in [0.2, 0.25) is 0 Å². The van der Waals surface area contributed by atoms with Crippen LogP contribution in [0.4, 0.5) is 5.82 Å². The van der Waals surface area contributed by atoms with E-state index in [0.29, 0.717) is 39.1 Å². The SMILES string of the molecule is CCN(CC(=O)N1CCN(c2ccc(-c3ccc(OC)cc3)nn2)CC1)C(=O)CC(C)C. The van der Waals surface area contributed by atoms with Gasteiger partial charge in [0.15, 0.2) is 5.82 Å². The molecule has 8 heteroatoms. The van der Waals surface area contributed by atoms with Crippen molar-refractivity contribution in [1.82, 2.24) is 20.0 Å². The van der Waals surface area contributed by atoms with E-state index in [9.17, 15) is 9.59 Å². The van der Waals surface area contributed by atoms with E-state index in [0.717, 1.165) is 22.8 Å². The van der Waals surface area contributed by atoms with Crippen LogP contribution in [0.15, 0.2) is 36.4 Å². The van der Waals surface area contributed by atoms with Crippen molar-refractivity contribution >= 4 is 17.6 Å². The van der Waals surface area contributed by atoms with Crippen molar-refractivity contribution in [3.63, 3.8) is 0 Å². The molecule has 0 unspecified atom stereocenters. The minimum Gasteiger partial charge on any atom is -0.497 e. The van der Waals surface area contributed by atoms with E-state index < -0.39 is 0 Å². The van der Waals surface area contributed by atoms with Gasteiger partial charge in [-0.3, -0.25) is 9.59 Å². The van der Waals surface area contributed by atoms with Crippen LogP contribution in [0.1, 0.15) is 27.2 Å². The second-order valence-corrected chi connectivity index (χ2v) is 8.38. The summed E-state index contributed by atoms with van der Waals surface area (Å²) in [7, 11) is 1.64. The highest BCUT2D eigenvalue weighted by molar-refractivity contribution is 5.85. The Morgan fingerprint density at radius 2 is 1.72 bits per heavy atom. The average Bonchev–Trinajstić information content (AvgIpc) is 2.82. The van der Waals surface area contributed by atoms with Gasteiger partial charge in [-0.25, -0.2) is 0 Å². The number of piperazine rings is 1. The summed E-state index contributed by atoms with van der Waals surface area (Å²) in [6.07, 6.45) is 0.472. The Hall–Kier alpha value is -3.16. The second-order valence-electron chi connectivity index (χ2n) is 8.38. The zero-order valence-electron chi connectivity index (χ0n) is 19.5. The molecule has 3 rings (SSSR count). The largest absolute Gasteiger partial charge is 0.497 e. The Balaban J connectivity index is 1.53. The molecule has 1 saturated heterocycles. The van der Waals surface area contributed by atoms with E-state index in [1.54, 1.807) is 12.0 Å². The Labute approximate surface area is 190 Å². The van der Waals surface area contributed by atoms with E-state index >= 15 is 0 Å². The summed E-state index contributed by atoms with van der Waals surface area (Å²) >= 11 is 0. The highest BCUT2D eigenvalue weighted by Gasteiger charge is 2.25. The maximum absolute atomic E-state index is 12.7. The van der Waals surface area contributed by atoms with E-state index in [1.807, 2.05) is 62.1 Å². The number of methoxy groups -OCH3 is 1. The molecule has 1 aliphatic rings. The molecular formula is C24H33N5O3. The number of carbonyl (C=O) groups is 2. The van der Waals surface area contributed by atoms with Crippen molar-refractivity contribution in [2.75, 3.05) is 51.3 Å². The van der Waals surface area contributed by atoms with Crippen molar-refractivity contribution in [2.24, 2.45) is 5.92 Å². The molecule has 8 nitrogen and oxygen atoms in total. The summed E-state index contributed by atoms with van der Waals surface area (Å²) in [5.74, 6) is 1.94. The molecule has 1 aromatic heterocycles. The van der Waals surface area contributed by atoms with E-state index in [2.05, 4.69) is 15.1 Å². The predicted molar refractivity (Wildman–Crippen MR) is 125 cm³/mol. The molecule has 2 aromatic rings. The van der Waals surface area contributed by atoms with Crippen molar-refractivity contribution < 1.29 is 14.3 Å². The van der Waals surface area contributed by atoms with Gasteiger partial charge < -0.3 is 19.4 Å². The first-order valence-electron chi connectivity index (χ1n) is 11.2. The van der Waals surface area contributed by atoms with Crippen LogP contribution in [0.3, 0.4) is 0 Å². The molecule has 2 heterocycles. The first kappa shape index (κ1) is 23.5. The standard InChI is InChI=1S/C24H33N5O3/c1-5-27(23(30)16-18(2)3)17-24(31)29-14-12-28(13-15-29)22-11-10-21(25-26-22)19-6-8-20(32-4)9-7-19/h6-11,18H,5,12-17H2,1-4H3. The lowest BCUT2D eigenvalue weighted by atomic mass is 10.1. The van der Waals surface area contributed by atoms with Crippen LogP contribution in [-0.2, 0) is 9.59 Å². The highest BCUT2D eigenvalue weighted by Crippen LogP contribution is 2.22. The van der Waals surface area contributed by atoms with Crippen LogP contribution in [0.25, 0.3) is 11.3 Å². The third-order valence-corrected chi connectivity index (χ3v) is 5.64. The molecule has 172 valence electrons. The molecule has 32 heavy (non-hydrogen) atoms. The summed E-state index contributed by atoms with van der Waals surface area (Å²) in [4.78, 5) is 30.7. The van der Waals surface area contributed by atoms with Crippen LogP contribution in [-0.4, -0.2) is 78.2 Å². The smallest absolute Gasteiger partial charge is 0.242 e. The van der Waals surface area contributed by atoms with Gasteiger partial charge in [0, 0.05) is 44.7 Å². The monoisotopic (exact) mass is 439 g/mol. The first-order chi connectivity index (χ1) is 15.4. The lowest BCUT2D eigenvalue weighted by Crippen LogP contribution is -2.52. The van der Waals surface area contributed by atoms with Gasteiger partial charge in [0.1, 0.15) is 5.75 Å². The summed E-state index contributed by atoms with van der Waals surface area (Å²) in [5, 5.41) is 8.76. The molecule has 0 bridgehead atoms. The fourth-order valence-electron chi connectivity index (χ4n) is 3.71. The van der Waals surface area contributed by atoms with Crippen molar-refractivity contribution in [1.29, 1.82) is 0 Å². The van der Waals surface area contributed by atoms with Gasteiger partial charge >= 0.3 is 0 Å². The molecule has 0 atom stereocenters. The molecule has 0 saturated carbocycles. The maximum Gasteiger partial charge on any atom is 0.242 e. The number of nitrogens with zero attached hydrogens (tertiary/aromatic N) is 5. The third kappa shape index (κ3) is 5.96. The number of carbonyl (C=O) groups excluding carboxylic acids is 2. The van der Waals surface area contributed by atoms with Gasteiger partial charge in [-0.05, 0) is 49.2 Å². The molecule has 0 radical (unpaired) electrons. The van der Waals surface area contributed by atoms with Crippen LogP contribution in [0.5, 0.6) is 5.75 Å². The minimum absolute atomic E-state index is 0.00421. The first-order valence-corrected chi connectivity index (χ1v) is 11.2. The van der Waals surface area contributed by atoms with Crippen molar-refractivity contribution in [2.45, 2.75) is 27.2 Å². The number of hydrogen-bond donors (Lipinski definition) is 0. The van der Waals surface area contributed by atoms with Gasteiger partial charge in [-0.2, -0.15) is 0 Å². The summed E-state index contributed by atoms with van der Waals surface area (Å²) in [5.41, 5.74) is 1.78. The highest BCUT2D eigenvalue weighted by atomic mass is 16.5. The maximum atomic E-state index is 12.7. The minimum atomic E-state index is 0.00421. The number of anilines is 1. The Bertz CT molecular complexity index is 891. The number of likely N-dealkylation sites (N-methyl/N-ethyl adjacent to an activating group) is 1. The molecule has 1 aromatic carbocycles. The third-order valence-electron chi connectivity index (χ3n) is 5.64. The van der Waals surface area contributed by atoms with Gasteiger partial charge in [0.2, 0.25) is 11.8 Å². The predicted octanol–water partition coefficient (Wildman–Crippen LogP) is 2.70. The Kier molecular flexibility index (Phi) is 8.03. The number of amides is 2. The van der Waals surface area contributed by atoms with E-state index in [-0.39, 0.29) is 24.3 Å². The van der Waals surface area contributed by atoms with E-state index in [4.69, 9.17) is 4.74 Å². The fourth-order valence-corrected chi connectivity index (χ4v) is 3.71. The normalized spacial score (nSPS) is 13.9. The number of hydrogen-bond acceptors (Lipinski definition) is 6. The second kappa shape index (κ2) is 10.9. The summed E-state index contributed by atoms with van der Waals surface area (Å²) < 4.78 is 5.19. The topological polar surface area (TPSA) is 78.9 Å². The molecule has 0 N–H and O–H groups in total. The van der Waals surface area contributed by atoms with Crippen molar-refractivity contribution in [3.05, 3.63) is 36.4 Å². The van der Waals surface area contributed by atoms with Gasteiger partial charge in [0.25, 0.3) is 0 Å². The van der Waals surface area contributed by atoms with Gasteiger partial charge in [-0.15, -0.1) is 10.2 Å². The molecule has 0 aliphatic carbocycles. The van der Waals surface area contributed by atoms with Gasteiger partial charge in [-0.1, -0.05) is 13.8 Å². The Morgan fingerprint density at radius 1 is 1.03 bits per heavy atom. The quantitative estimate of drug-likeness (QED) is 0.629. The number of rotatable bonds is 8. The molecule has 0 spiro atoms. The van der Waals surface area contributed by atoms with E-state index in [1.165, 1.54) is 0 Å². The number of benzene rings is 1. The summed E-state index contributed by atoms with van der Waals surface area (Å²) in [6.45, 7) is 9.23. The molecule has 1 aliphatic heterocycles. The van der Waals surface area contributed by atoms with Crippen LogP contribution < -0.4 is 9.64 Å². The van der Waals surface area contributed by atoms with Crippen LogP contribution >= 0.6 is 0 Å². The fraction of sp³-hybridized carbons (Fsp3) is 0.500. The number of aromatic nitrogens is 2. The Morgan fingerprint density at radius 3 is 2.25 bits per heavy atom. The molecular weight excluding hydrogens is 406 g/mol. The number of ether oxygens (including phenoxy) is 1. The van der Waals surface area contributed by atoms with Crippen LogP contribution in [0, 0.1) is 5.92 Å². The van der Waals surface area contributed by atoms with Crippen molar-refractivity contribution in [3.8, 4) is 17.0 Å².